The Morgan fingerprint density at radius 1 is 1.27 bits per heavy atom. The highest BCUT2D eigenvalue weighted by Crippen LogP contribution is 2.60. The molecule has 174 valence electrons. The summed E-state index contributed by atoms with van der Waals surface area (Å²) in [4.78, 5) is 29.0. The molecule has 1 aromatic heterocycles. The Kier molecular flexibility index (Phi) is 5.41. The van der Waals surface area contributed by atoms with Crippen molar-refractivity contribution in [3.63, 3.8) is 0 Å². The largest absolute Gasteiger partial charge is 0.484 e. The Balaban J connectivity index is 1.09. The maximum atomic E-state index is 13.5. The van der Waals surface area contributed by atoms with Gasteiger partial charge in [-0.2, -0.15) is 0 Å². The number of benzene rings is 1. The average molecular weight is 476 g/mol. The van der Waals surface area contributed by atoms with Crippen LogP contribution in [0.3, 0.4) is 0 Å². The predicted octanol–water partition coefficient (Wildman–Crippen LogP) is 3.00. The molecule has 6 rings (SSSR count). The molecule has 4 aliphatic carbocycles. The number of carbonyl (C=O) groups excluding carboxylic acids is 2. The second kappa shape index (κ2) is 8.14. The Bertz CT molecular complexity index is 1130. The highest BCUT2D eigenvalue weighted by molar-refractivity contribution is 6.30. The number of aliphatic hydroxyl groups excluding tert-OH is 1. The van der Waals surface area contributed by atoms with E-state index < -0.39 is 5.82 Å². The van der Waals surface area contributed by atoms with Gasteiger partial charge >= 0.3 is 0 Å². The maximum Gasteiger partial charge on any atom is 0.289 e. The molecule has 3 N–H and O–H groups in total. The van der Waals surface area contributed by atoms with Crippen LogP contribution in [0.4, 0.5) is 4.39 Å². The molecule has 0 aliphatic heterocycles. The van der Waals surface area contributed by atoms with Crippen LogP contribution < -0.4 is 15.4 Å². The van der Waals surface area contributed by atoms with Gasteiger partial charge < -0.3 is 24.9 Å². The topological polar surface area (TPSA) is 114 Å². The van der Waals surface area contributed by atoms with Gasteiger partial charge in [0.15, 0.2) is 6.61 Å². The van der Waals surface area contributed by atoms with E-state index in [4.69, 9.17) is 20.8 Å². The van der Waals surface area contributed by atoms with E-state index in [0.717, 1.165) is 11.6 Å². The third-order valence-corrected chi connectivity index (χ3v) is 6.77. The third kappa shape index (κ3) is 4.35. The SMILES string of the molecule is O=C(COc1ccc(Cl)c(F)c1)NC12CC(NC(=O)c3cnc(C4=CCC(O)CC4)o3)(C1)C2. The van der Waals surface area contributed by atoms with E-state index in [9.17, 15) is 19.1 Å². The number of allylic oxidation sites excluding steroid dienone is 1. The maximum absolute atomic E-state index is 13.5. The van der Waals surface area contributed by atoms with Gasteiger partial charge in [-0.3, -0.25) is 9.59 Å². The minimum Gasteiger partial charge on any atom is -0.484 e. The smallest absolute Gasteiger partial charge is 0.289 e. The highest BCUT2D eigenvalue weighted by atomic mass is 35.5. The van der Waals surface area contributed by atoms with Gasteiger partial charge in [-0.1, -0.05) is 17.7 Å². The van der Waals surface area contributed by atoms with Crippen LogP contribution in [-0.4, -0.2) is 45.7 Å². The first-order valence-corrected chi connectivity index (χ1v) is 11.2. The summed E-state index contributed by atoms with van der Waals surface area (Å²) in [5, 5.41) is 15.5. The molecule has 1 heterocycles. The lowest BCUT2D eigenvalue weighted by atomic mass is 9.44. The van der Waals surface area contributed by atoms with Crippen LogP contribution in [0.1, 0.15) is 55.0 Å². The molecule has 8 nitrogen and oxygen atoms in total. The summed E-state index contributed by atoms with van der Waals surface area (Å²) in [5.41, 5.74) is 0.195. The quantitative estimate of drug-likeness (QED) is 0.567. The fraction of sp³-hybridized carbons (Fsp3) is 0.435. The minimum absolute atomic E-state index is 0.0134. The second-order valence-corrected chi connectivity index (χ2v) is 9.55. The van der Waals surface area contributed by atoms with Crippen molar-refractivity contribution in [2.24, 2.45) is 0 Å². The third-order valence-electron chi connectivity index (χ3n) is 6.46. The zero-order chi connectivity index (χ0) is 23.2. The van der Waals surface area contributed by atoms with Gasteiger partial charge in [-0.05, 0) is 50.7 Å². The number of nitrogens with one attached hydrogen (secondary N) is 2. The molecule has 0 saturated heterocycles. The van der Waals surface area contributed by atoms with E-state index >= 15 is 0 Å². The summed E-state index contributed by atoms with van der Waals surface area (Å²) >= 11 is 5.63. The lowest BCUT2D eigenvalue weighted by molar-refractivity contribution is -0.141. The molecular formula is C23H23ClFN3O5. The van der Waals surface area contributed by atoms with E-state index in [1.165, 1.54) is 18.3 Å². The Morgan fingerprint density at radius 2 is 2.03 bits per heavy atom. The summed E-state index contributed by atoms with van der Waals surface area (Å²) in [6, 6.07) is 3.99. The molecule has 1 unspecified atom stereocenters. The standard InChI is InChI=1S/C23H23ClFN3O5/c24-16-6-5-15(7-17(16)25)32-9-19(30)27-22-10-23(11-22,12-22)28-20(31)18-8-26-21(33-18)13-1-3-14(29)4-2-13/h1,5-8,14,29H,2-4,9-12H2,(H,27,30)(H,28,31). The fourth-order valence-electron chi connectivity index (χ4n) is 4.94. The fourth-order valence-corrected chi connectivity index (χ4v) is 5.06. The first kappa shape index (κ1) is 21.9. The highest BCUT2D eigenvalue weighted by Gasteiger charge is 2.69. The van der Waals surface area contributed by atoms with E-state index in [-0.39, 0.29) is 52.1 Å². The number of aromatic nitrogens is 1. The molecular weight excluding hydrogens is 453 g/mol. The molecule has 33 heavy (non-hydrogen) atoms. The summed E-state index contributed by atoms with van der Waals surface area (Å²) in [6.45, 7) is -0.240. The van der Waals surface area contributed by atoms with Gasteiger partial charge in [0, 0.05) is 22.7 Å². The van der Waals surface area contributed by atoms with E-state index in [2.05, 4.69) is 15.6 Å². The normalized spacial score (nSPS) is 27.6. The number of hydrogen-bond donors (Lipinski definition) is 3. The molecule has 4 aliphatic rings. The van der Waals surface area contributed by atoms with Crippen molar-refractivity contribution < 1.29 is 28.2 Å². The predicted molar refractivity (Wildman–Crippen MR) is 116 cm³/mol. The molecule has 0 radical (unpaired) electrons. The summed E-state index contributed by atoms with van der Waals surface area (Å²) < 4.78 is 24.4. The number of nitrogens with zero attached hydrogens (tertiary/aromatic N) is 1. The van der Waals surface area contributed by atoms with Gasteiger partial charge in [0.2, 0.25) is 11.7 Å². The number of rotatable bonds is 7. The molecule has 10 heteroatoms. The van der Waals surface area contributed by atoms with E-state index in [1.807, 2.05) is 6.08 Å². The van der Waals surface area contributed by atoms with Crippen LogP contribution in [0.5, 0.6) is 5.75 Å². The zero-order valence-electron chi connectivity index (χ0n) is 17.7. The van der Waals surface area contributed by atoms with Crippen molar-refractivity contribution in [2.45, 2.75) is 55.7 Å². The average Bonchev–Trinajstić information content (AvgIpc) is 3.23. The van der Waals surface area contributed by atoms with Crippen molar-refractivity contribution in [2.75, 3.05) is 6.61 Å². The first-order chi connectivity index (χ1) is 15.7. The molecule has 2 bridgehead atoms. The van der Waals surface area contributed by atoms with Crippen LogP contribution >= 0.6 is 11.6 Å². The van der Waals surface area contributed by atoms with Crippen molar-refractivity contribution in [1.29, 1.82) is 0 Å². The molecule has 2 aromatic rings. The second-order valence-electron chi connectivity index (χ2n) is 9.15. The van der Waals surface area contributed by atoms with Gasteiger partial charge in [-0.15, -0.1) is 0 Å². The zero-order valence-corrected chi connectivity index (χ0v) is 18.5. The van der Waals surface area contributed by atoms with Crippen molar-refractivity contribution in [3.05, 3.63) is 53.0 Å². The van der Waals surface area contributed by atoms with Crippen LogP contribution in [0.15, 0.2) is 34.9 Å². The minimum atomic E-state index is -0.611. The molecule has 2 amide bonds. The van der Waals surface area contributed by atoms with Crippen molar-refractivity contribution >= 4 is 29.0 Å². The lowest BCUT2D eigenvalue weighted by Crippen LogP contribution is -2.84. The summed E-state index contributed by atoms with van der Waals surface area (Å²) in [7, 11) is 0. The van der Waals surface area contributed by atoms with Crippen molar-refractivity contribution in [1.82, 2.24) is 15.6 Å². The summed E-state index contributed by atoms with van der Waals surface area (Å²) in [5.74, 6) is -0.481. The van der Waals surface area contributed by atoms with E-state index in [1.54, 1.807) is 0 Å². The van der Waals surface area contributed by atoms with Crippen LogP contribution in [-0.2, 0) is 4.79 Å². The molecule has 0 spiro atoms. The number of oxazole rings is 1. The molecule has 1 aromatic carbocycles. The molecule has 3 saturated carbocycles. The molecule has 1 atom stereocenters. The van der Waals surface area contributed by atoms with Gasteiger partial charge in [0.25, 0.3) is 11.8 Å². The van der Waals surface area contributed by atoms with Gasteiger partial charge in [0.05, 0.1) is 17.3 Å². The van der Waals surface area contributed by atoms with Crippen LogP contribution in [0.25, 0.3) is 5.57 Å². The number of carbonyl (C=O) groups is 2. The first-order valence-electron chi connectivity index (χ1n) is 10.8. The van der Waals surface area contributed by atoms with Crippen LogP contribution in [0, 0.1) is 5.82 Å². The number of ether oxygens (including phenoxy) is 1. The number of aliphatic hydroxyl groups is 1. The van der Waals surface area contributed by atoms with Gasteiger partial charge in [0.1, 0.15) is 11.6 Å². The van der Waals surface area contributed by atoms with Crippen LogP contribution in [0.2, 0.25) is 5.02 Å². The van der Waals surface area contributed by atoms with Crippen molar-refractivity contribution in [3.8, 4) is 5.75 Å². The number of hydrogen-bond acceptors (Lipinski definition) is 6. The Hall–Kier alpha value is -2.91. The Labute approximate surface area is 194 Å². The monoisotopic (exact) mass is 475 g/mol. The molecule has 3 fully saturated rings. The number of halogens is 2. The number of amides is 2. The van der Waals surface area contributed by atoms with Gasteiger partial charge in [-0.25, -0.2) is 9.37 Å². The lowest BCUT2D eigenvalue weighted by Gasteiger charge is -2.70. The summed E-state index contributed by atoms with van der Waals surface area (Å²) in [6.07, 6.45) is 6.69. The van der Waals surface area contributed by atoms with E-state index in [0.29, 0.717) is 44.4 Å². The Morgan fingerprint density at radius 3 is 2.73 bits per heavy atom.